The monoisotopic (exact) mass is 424 g/mol. The summed E-state index contributed by atoms with van der Waals surface area (Å²) in [6, 6.07) is 9.20. The van der Waals surface area contributed by atoms with Gasteiger partial charge in [-0.15, -0.1) is 0 Å². The number of hydrogen-bond acceptors (Lipinski definition) is 4. The molecular weight excluding hydrogens is 399 g/mol. The maximum absolute atomic E-state index is 12.3. The highest BCUT2D eigenvalue weighted by Gasteiger charge is 2.26. The SMILES string of the molecule is CN1CCN([C@H](CNC(=O)COc2ccc(Cl)cc2Cl)c2cccn2C)CC1. The van der Waals surface area contributed by atoms with Crippen molar-refractivity contribution in [3.8, 4) is 5.75 Å². The Morgan fingerprint density at radius 3 is 2.57 bits per heavy atom. The van der Waals surface area contributed by atoms with Gasteiger partial charge in [-0.2, -0.15) is 0 Å². The zero-order valence-corrected chi connectivity index (χ0v) is 17.7. The largest absolute Gasteiger partial charge is 0.482 e. The van der Waals surface area contributed by atoms with Gasteiger partial charge in [0, 0.05) is 56.7 Å². The number of rotatable bonds is 7. The number of piperazine rings is 1. The lowest BCUT2D eigenvalue weighted by Gasteiger charge is -2.38. The van der Waals surface area contributed by atoms with Crippen LogP contribution in [0.3, 0.4) is 0 Å². The van der Waals surface area contributed by atoms with Crippen LogP contribution < -0.4 is 10.1 Å². The second kappa shape index (κ2) is 9.65. The Morgan fingerprint density at radius 2 is 1.93 bits per heavy atom. The molecule has 8 heteroatoms. The van der Waals surface area contributed by atoms with E-state index in [0.29, 0.717) is 22.3 Å². The molecule has 0 aliphatic carbocycles. The molecule has 2 heterocycles. The Labute approximate surface area is 176 Å². The average molecular weight is 425 g/mol. The number of nitrogens with zero attached hydrogens (tertiary/aromatic N) is 3. The normalized spacial score (nSPS) is 16.7. The second-order valence-corrected chi connectivity index (χ2v) is 7.91. The number of benzene rings is 1. The first kappa shape index (κ1) is 21.0. The lowest BCUT2D eigenvalue weighted by atomic mass is 10.1. The topological polar surface area (TPSA) is 49.7 Å². The van der Waals surface area contributed by atoms with Gasteiger partial charge in [0.2, 0.25) is 0 Å². The van der Waals surface area contributed by atoms with Crippen molar-refractivity contribution in [3.05, 3.63) is 52.3 Å². The quantitative estimate of drug-likeness (QED) is 0.742. The van der Waals surface area contributed by atoms with Gasteiger partial charge in [0.1, 0.15) is 5.75 Å². The predicted molar refractivity (Wildman–Crippen MR) is 112 cm³/mol. The van der Waals surface area contributed by atoms with Crippen molar-refractivity contribution in [1.29, 1.82) is 0 Å². The summed E-state index contributed by atoms with van der Waals surface area (Å²) in [5.41, 5.74) is 1.19. The summed E-state index contributed by atoms with van der Waals surface area (Å²) in [6.07, 6.45) is 2.03. The van der Waals surface area contributed by atoms with Gasteiger partial charge < -0.3 is 19.5 Å². The minimum absolute atomic E-state index is 0.0933. The first-order valence-electron chi connectivity index (χ1n) is 9.32. The first-order valence-corrected chi connectivity index (χ1v) is 10.1. The van der Waals surface area contributed by atoms with Crippen molar-refractivity contribution in [2.45, 2.75) is 6.04 Å². The van der Waals surface area contributed by atoms with Gasteiger partial charge >= 0.3 is 0 Å². The number of amides is 1. The molecule has 1 atom stereocenters. The highest BCUT2D eigenvalue weighted by atomic mass is 35.5. The van der Waals surface area contributed by atoms with Crippen LogP contribution >= 0.6 is 23.2 Å². The highest BCUT2D eigenvalue weighted by Crippen LogP contribution is 2.27. The van der Waals surface area contributed by atoms with Gasteiger partial charge in [0.15, 0.2) is 6.61 Å². The Bertz CT molecular complexity index is 803. The van der Waals surface area contributed by atoms with E-state index in [1.807, 2.05) is 19.3 Å². The molecule has 28 heavy (non-hydrogen) atoms. The number of halogens is 2. The van der Waals surface area contributed by atoms with E-state index in [0.717, 1.165) is 26.2 Å². The molecule has 1 fully saturated rings. The predicted octanol–water partition coefficient (Wildman–Crippen LogP) is 2.82. The van der Waals surface area contributed by atoms with Gasteiger partial charge in [0.05, 0.1) is 11.1 Å². The van der Waals surface area contributed by atoms with Gasteiger partial charge in [-0.3, -0.25) is 9.69 Å². The molecule has 1 aliphatic rings. The maximum atomic E-state index is 12.3. The number of carbonyl (C=O) groups is 1. The molecule has 0 saturated carbocycles. The first-order chi connectivity index (χ1) is 13.4. The number of ether oxygens (including phenoxy) is 1. The Morgan fingerprint density at radius 1 is 1.18 bits per heavy atom. The lowest BCUT2D eigenvalue weighted by Crippen LogP contribution is -2.49. The molecule has 2 aromatic rings. The molecule has 1 aromatic carbocycles. The smallest absolute Gasteiger partial charge is 0.258 e. The molecule has 0 radical (unpaired) electrons. The van der Waals surface area contributed by atoms with Gasteiger partial charge in [0.25, 0.3) is 5.91 Å². The van der Waals surface area contributed by atoms with E-state index in [2.05, 4.69) is 32.8 Å². The van der Waals surface area contributed by atoms with E-state index >= 15 is 0 Å². The van der Waals surface area contributed by atoms with Crippen LogP contribution in [0, 0.1) is 0 Å². The van der Waals surface area contributed by atoms with Crippen LogP contribution in [0.15, 0.2) is 36.5 Å². The van der Waals surface area contributed by atoms with Crippen LogP contribution in [-0.2, 0) is 11.8 Å². The second-order valence-electron chi connectivity index (χ2n) is 7.07. The Hall–Kier alpha value is -1.73. The third-order valence-corrected chi connectivity index (χ3v) is 5.58. The Balaban J connectivity index is 1.58. The number of carbonyl (C=O) groups excluding carboxylic acids is 1. The van der Waals surface area contributed by atoms with E-state index < -0.39 is 0 Å². The molecule has 1 aromatic heterocycles. The molecule has 1 amide bonds. The molecular formula is C20H26Cl2N4O2. The number of aryl methyl sites for hydroxylation is 1. The molecule has 1 saturated heterocycles. The van der Waals surface area contributed by atoms with Gasteiger partial charge in [-0.25, -0.2) is 0 Å². The fraction of sp³-hybridized carbons (Fsp3) is 0.450. The summed E-state index contributed by atoms with van der Waals surface area (Å²) in [5.74, 6) is 0.263. The molecule has 1 aliphatic heterocycles. The third-order valence-electron chi connectivity index (χ3n) is 5.05. The maximum Gasteiger partial charge on any atom is 0.258 e. The van der Waals surface area contributed by atoms with Crippen molar-refractivity contribution in [3.63, 3.8) is 0 Å². The van der Waals surface area contributed by atoms with E-state index in [9.17, 15) is 4.79 Å². The average Bonchev–Trinajstić information content (AvgIpc) is 3.08. The van der Waals surface area contributed by atoms with Crippen LogP contribution in [0.4, 0.5) is 0 Å². The number of nitrogens with one attached hydrogen (secondary N) is 1. The summed E-state index contributed by atoms with van der Waals surface area (Å²) in [6.45, 7) is 4.42. The van der Waals surface area contributed by atoms with E-state index in [-0.39, 0.29) is 18.6 Å². The number of likely N-dealkylation sites (N-methyl/N-ethyl adjacent to an activating group) is 1. The zero-order valence-electron chi connectivity index (χ0n) is 16.2. The fourth-order valence-corrected chi connectivity index (χ4v) is 3.83. The molecule has 152 valence electrons. The van der Waals surface area contributed by atoms with Crippen LogP contribution in [0.5, 0.6) is 5.75 Å². The number of aromatic nitrogens is 1. The van der Waals surface area contributed by atoms with Crippen molar-refractivity contribution in [1.82, 2.24) is 19.7 Å². The zero-order chi connectivity index (χ0) is 20.1. The highest BCUT2D eigenvalue weighted by molar-refractivity contribution is 6.35. The standard InChI is InChI=1S/C20H26Cl2N4O2/c1-24-8-10-26(11-9-24)18(17-4-3-7-25(17)2)13-23-20(27)14-28-19-6-5-15(21)12-16(19)22/h3-7,12,18H,8-11,13-14H2,1-2H3,(H,23,27)/t18-/m1/s1. The van der Waals surface area contributed by atoms with E-state index in [1.54, 1.807) is 18.2 Å². The summed E-state index contributed by atoms with van der Waals surface area (Å²) < 4.78 is 7.64. The molecule has 0 bridgehead atoms. The van der Waals surface area contributed by atoms with Crippen LogP contribution in [0.1, 0.15) is 11.7 Å². The van der Waals surface area contributed by atoms with Crippen LogP contribution in [-0.4, -0.2) is 66.7 Å². The summed E-state index contributed by atoms with van der Waals surface area (Å²) in [5, 5.41) is 3.92. The lowest BCUT2D eigenvalue weighted by molar-refractivity contribution is -0.123. The van der Waals surface area contributed by atoms with Crippen molar-refractivity contribution >= 4 is 29.1 Å². The molecule has 1 N–H and O–H groups in total. The molecule has 0 unspecified atom stereocenters. The summed E-state index contributed by atoms with van der Waals surface area (Å²) in [7, 11) is 4.17. The fourth-order valence-electron chi connectivity index (χ4n) is 3.37. The van der Waals surface area contributed by atoms with Crippen molar-refractivity contribution in [2.24, 2.45) is 7.05 Å². The summed E-state index contributed by atoms with van der Waals surface area (Å²) >= 11 is 12.0. The van der Waals surface area contributed by atoms with Crippen molar-refractivity contribution in [2.75, 3.05) is 46.4 Å². The Kier molecular flexibility index (Phi) is 7.24. The molecule has 0 spiro atoms. The minimum Gasteiger partial charge on any atom is -0.482 e. The molecule has 3 rings (SSSR count). The van der Waals surface area contributed by atoms with Gasteiger partial charge in [-0.1, -0.05) is 23.2 Å². The van der Waals surface area contributed by atoms with Crippen LogP contribution in [0.2, 0.25) is 10.0 Å². The minimum atomic E-state index is -0.181. The van der Waals surface area contributed by atoms with Gasteiger partial charge in [-0.05, 0) is 37.4 Å². The third kappa shape index (κ3) is 5.41. The van der Waals surface area contributed by atoms with E-state index in [4.69, 9.17) is 27.9 Å². The number of hydrogen-bond donors (Lipinski definition) is 1. The summed E-state index contributed by atoms with van der Waals surface area (Å²) in [4.78, 5) is 17.1. The molecule has 6 nitrogen and oxygen atoms in total. The van der Waals surface area contributed by atoms with Crippen molar-refractivity contribution < 1.29 is 9.53 Å². The van der Waals surface area contributed by atoms with E-state index in [1.165, 1.54) is 5.69 Å². The van der Waals surface area contributed by atoms with Crippen LogP contribution in [0.25, 0.3) is 0 Å².